The Kier molecular flexibility index (Phi) is 30.9. The van der Waals surface area contributed by atoms with Gasteiger partial charge < -0.3 is 24.8 Å². The summed E-state index contributed by atoms with van der Waals surface area (Å²) in [6.45, 7) is 3.53. The highest BCUT2D eigenvalue weighted by Gasteiger charge is 2.36. The molecule has 4 atom stereocenters. The van der Waals surface area contributed by atoms with Crippen LogP contribution in [0.25, 0.3) is 0 Å². The van der Waals surface area contributed by atoms with Crippen LogP contribution in [0.3, 0.4) is 0 Å². The fourth-order valence-electron chi connectivity index (χ4n) is 5.54. The van der Waals surface area contributed by atoms with Gasteiger partial charge in [-0.05, 0) is 70.6 Å². The Hall–Kier alpha value is -2.07. The smallest absolute Gasteiger partial charge is 0.462 e. The van der Waals surface area contributed by atoms with Gasteiger partial charge in [-0.3, -0.25) is 18.6 Å². The summed E-state index contributed by atoms with van der Waals surface area (Å²) in [7, 11) is -4.39. The molecule has 0 spiro atoms. The van der Waals surface area contributed by atoms with Crippen LogP contribution in [0, 0.1) is 0 Å². The third kappa shape index (κ3) is 30.4. The van der Waals surface area contributed by atoms with Gasteiger partial charge >= 0.3 is 19.8 Å². The predicted octanol–water partition coefficient (Wildman–Crippen LogP) is 10.1. The number of epoxide rings is 1. The number of rotatable bonds is 36. The number of carbonyl (C=O) groups is 2. The molecule has 0 saturated carbocycles. The standard InChI is InChI=1S/C41H72NO9P/c1-3-5-7-8-9-10-11-12-13-14-15-16-20-23-27-31-40(43)47-35-37(36-49-52(45,46)48-34-33-42)50-41(44)32-28-24-21-18-17-19-22-26-30-39-38(51-39)29-25-6-4-2/h5,7,9-10,12-13,22,26,37-39H,3-4,6,8,11,14-21,23-25,27-36,42H2,1-2H3,(H,45,46)/b7-5-,10-9-,13-12-,26-22-/t37-,38?,39?/m1/s1. The molecule has 1 heterocycles. The summed E-state index contributed by atoms with van der Waals surface area (Å²) in [6, 6.07) is 0. The number of hydrogen-bond acceptors (Lipinski definition) is 9. The average molecular weight is 754 g/mol. The number of allylic oxidation sites excluding steroid dienone is 7. The van der Waals surface area contributed by atoms with Crippen LogP contribution in [0.5, 0.6) is 0 Å². The minimum atomic E-state index is -4.39. The number of phosphoric ester groups is 1. The summed E-state index contributed by atoms with van der Waals surface area (Å²) in [6.07, 6.45) is 38.8. The zero-order valence-electron chi connectivity index (χ0n) is 32.5. The Morgan fingerprint density at radius 1 is 0.712 bits per heavy atom. The van der Waals surface area contributed by atoms with Crippen molar-refractivity contribution in [2.24, 2.45) is 5.73 Å². The van der Waals surface area contributed by atoms with E-state index in [1.807, 2.05) is 0 Å². The Labute approximate surface area is 315 Å². The number of ether oxygens (including phenoxy) is 3. The second-order valence-electron chi connectivity index (χ2n) is 13.5. The van der Waals surface area contributed by atoms with Crippen molar-refractivity contribution in [2.45, 2.75) is 173 Å². The quantitative estimate of drug-likeness (QED) is 0.0208. The SMILES string of the molecule is CC/C=C\C/C=C\C/C=C\CCCCCCCC(=O)OC[C@H](COP(=O)(O)OCCN)OC(=O)CCCCCCC/C=C\CC1OC1CCCCC. The van der Waals surface area contributed by atoms with Crippen LogP contribution in [0.4, 0.5) is 0 Å². The molecule has 1 aliphatic heterocycles. The molecule has 3 unspecified atom stereocenters. The van der Waals surface area contributed by atoms with E-state index < -0.39 is 32.5 Å². The third-order valence-electron chi connectivity index (χ3n) is 8.62. The molecule has 1 fully saturated rings. The molecule has 0 aromatic rings. The van der Waals surface area contributed by atoms with E-state index in [0.29, 0.717) is 25.0 Å². The molecule has 10 nitrogen and oxygen atoms in total. The van der Waals surface area contributed by atoms with Crippen molar-refractivity contribution in [1.29, 1.82) is 0 Å². The normalized spacial score (nSPS) is 17.8. The molecule has 11 heteroatoms. The highest BCUT2D eigenvalue weighted by Crippen LogP contribution is 2.43. The van der Waals surface area contributed by atoms with Crippen molar-refractivity contribution in [3.63, 3.8) is 0 Å². The monoisotopic (exact) mass is 753 g/mol. The van der Waals surface area contributed by atoms with E-state index in [9.17, 15) is 19.0 Å². The largest absolute Gasteiger partial charge is 0.472 e. The van der Waals surface area contributed by atoms with Gasteiger partial charge in [-0.25, -0.2) is 4.57 Å². The van der Waals surface area contributed by atoms with Crippen molar-refractivity contribution >= 4 is 19.8 Å². The maximum Gasteiger partial charge on any atom is 0.472 e. The molecule has 1 aliphatic rings. The molecule has 1 rings (SSSR count). The van der Waals surface area contributed by atoms with Crippen molar-refractivity contribution in [2.75, 3.05) is 26.4 Å². The lowest BCUT2D eigenvalue weighted by Gasteiger charge is -2.19. The van der Waals surface area contributed by atoms with Gasteiger partial charge in [0.2, 0.25) is 0 Å². The molecule has 0 aromatic carbocycles. The number of esters is 2. The first-order valence-corrected chi connectivity index (χ1v) is 21.7. The van der Waals surface area contributed by atoms with Crippen LogP contribution in [-0.2, 0) is 37.4 Å². The molecule has 0 aromatic heterocycles. The van der Waals surface area contributed by atoms with E-state index in [1.54, 1.807) is 0 Å². The zero-order valence-corrected chi connectivity index (χ0v) is 33.4. The first kappa shape index (κ1) is 48.0. The van der Waals surface area contributed by atoms with E-state index in [4.69, 9.17) is 29.0 Å². The van der Waals surface area contributed by atoms with Crippen LogP contribution in [0.2, 0.25) is 0 Å². The van der Waals surface area contributed by atoms with Gasteiger partial charge in [0.15, 0.2) is 6.10 Å². The summed E-state index contributed by atoms with van der Waals surface area (Å²) in [5, 5.41) is 0. The second kappa shape index (κ2) is 33.5. The Balaban J connectivity index is 2.22. The summed E-state index contributed by atoms with van der Waals surface area (Å²) in [5.41, 5.74) is 5.34. The molecule has 52 heavy (non-hydrogen) atoms. The lowest BCUT2D eigenvalue weighted by molar-refractivity contribution is -0.161. The molecule has 3 N–H and O–H groups in total. The van der Waals surface area contributed by atoms with E-state index in [1.165, 1.54) is 25.7 Å². The molecule has 0 aliphatic carbocycles. The molecule has 0 bridgehead atoms. The minimum Gasteiger partial charge on any atom is -0.462 e. The van der Waals surface area contributed by atoms with Crippen LogP contribution >= 0.6 is 7.82 Å². The Morgan fingerprint density at radius 3 is 1.96 bits per heavy atom. The minimum absolute atomic E-state index is 0.0443. The highest BCUT2D eigenvalue weighted by atomic mass is 31.2. The summed E-state index contributed by atoms with van der Waals surface area (Å²) in [4.78, 5) is 34.8. The Bertz CT molecular complexity index is 1060. The number of nitrogens with two attached hydrogens (primary N) is 1. The van der Waals surface area contributed by atoms with E-state index in [-0.39, 0.29) is 32.6 Å². The Morgan fingerprint density at radius 2 is 1.31 bits per heavy atom. The molecule has 0 radical (unpaired) electrons. The molecule has 0 amide bonds. The van der Waals surface area contributed by atoms with Crippen LogP contribution < -0.4 is 5.73 Å². The third-order valence-corrected chi connectivity index (χ3v) is 9.61. The van der Waals surface area contributed by atoms with Gasteiger partial charge in [0.05, 0.1) is 25.4 Å². The van der Waals surface area contributed by atoms with Gasteiger partial charge in [0.25, 0.3) is 0 Å². The number of hydrogen-bond donors (Lipinski definition) is 2. The number of carbonyl (C=O) groups excluding carboxylic acids is 2. The second-order valence-corrected chi connectivity index (χ2v) is 15.0. The summed E-state index contributed by atoms with van der Waals surface area (Å²) in [5.74, 6) is -0.874. The van der Waals surface area contributed by atoms with Crippen LogP contribution in [-0.4, -0.2) is 61.5 Å². The van der Waals surface area contributed by atoms with Gasteiger partial charge in [0, 0.05) is 19.4 Å². The summed E-state index contributed by atoms with van der Waals surface area (Å²) >= 11 is 0. The van der Waals surface area contributed by atoms with Gasteiger partial charge in [-0.2, -0.15) is 0 Å². The lowest BCUT2D eigenvalue weighted by Crippen LogP contribution is -2.29. The number of phosphoric acid groups is 1. The summed E-state index contributed by atoms with van der Waals surface area (Å²) < 4.78 is 38.4. The van der Waals surface area contributed by atoms with Crippen molar-refractivity contribution < 1.29 is 42.3 Å². The van der Waals surface area contributed by atoms with Crippen LogP contribution in [0.1, 0.15) is 155 Å². The predicted molar refractivity (Wildman–Crippen MR) is 210 cm³/mol. The van der Waals surface area contributed by atoms with Gasteiger partial charge in [-0.15, -0.1) is 0 Å². The first-order chi connectivity index (χ1) is 25.3. The van der Waals surface area contributed by atoms with Crippen molar-refractivity contribution in [3.05, 3.63) is 48.6 Å². The molecule has 1 saturated heterocycles. The highest BCUT2D eigenvalue weighted by molar-refractivity contribution is 7.47. The topological polar surface area (TPSA) is 147 Å². The average Bonchev–Trinajstić information content (AvgIpc) is 3.88. The van der Waals surface area contributed by atoms with Crippen molar-refractivity contribution in [3.8, 4) is 0 Å². The van der Waals surface area contributed by atoms with E-state index >= 15 is 0 Å². The van der Waals surface area contributed by atoms with Gasteiger partial charge in [0.1, 0.15) is 6.61 Å². The fraction of sp³-hybridized carbons (Fsp3) is 0.756. The van der Waals surface area contributed by atoms with E-state index in [2.05, 4.69) is 62.5 Å². The molecular formula is C41H72NO9P. The lowest BCUT2D eigenvalue weighted by atomic mass is 10.1. The number of unbranched alkanes of at least 4 members (excludes halogenated alkanes) is 12. The maximum absolute atomic E-state index is 12.6. The molecule has 300 valence electrons. The zero-order chi connectivity index (χ0) is 38.0. The first-order valence-electron chi connectivity index (χ1n) is 20.2. The maximum atomic E-state index is 12.6. The van der Waals surface area contributed by atoms with Crippen LogP contribution in [0.15, 0.2) is 48.6 Å². The van der Waals surface area contributed by atoms with Crippen molar-refractivity contribution in [1.82, 2.24) is 0 Å². The fourth-order valence-corrected chi connectivity index (χ4v) is 6.30. The van der Waals surface area contributed by atoms with Gasteiger partial charge in [-0.1, -0.05) is 120 Å². The van der Waals surface area contributed by atoms with E-state index in [0.717, 1.165) is 89.9 Å². The molecular weight excluding hydrogens is 681 g/mol.